The predicted molar refractivity (Wildman–Crippen MR) is 145 cm³/mol. The molecule has 0 radical (unpaired) electrons. The van der Waals surface area contributed by atoms with Crippen LogP contribution in [0.5, 0.6) is 0 Å². The number of hydrogen-bond acceptors (Lipinski definition) is 8. The van der Waals surface area contributed by atoms with E-state index in [9.17, 15) is 19.7 Å². The lowest BCUT2D eigenvalue weighted by Crippen LogP contribution is -2.47. The standard InChI is InChI=1S/C24H27ClN6O5S/c1-28-6-8-30(9-7-28)23(33)17-2-4-18(25)19(14-17)26-24(37)27-22(32)16-3-5-20(21(15-16)31(34)35)29-10-12-36-13-11-29/h2-5,14-15H,6-13H2,1H3,(H2,26,27,32,37). The molecule has 0 bridgehead atoms. The topological polar surface area (TPSA) is 120 Å². The largest absolute Gasteiger partial charge is 0.378 e. The summed E-state index contributed by atoms with van der Waals surface area (Å²) in [7, 11) is 2.01. The fraction of sp³-hybridized carbons (Fsp3) is 0.375. The van der Waals surface area contributed by atoms with Crippen molar-refractivity contribution in [2.75, 3.05) is 69.7 Å². The number of nitrogens with zero attached hydrogens (tertiary/aromatic N) is 4. The van der Waals surface area contributed by atoms with Crippen LogP contribution < -0.4 is 15.5 Å². The predicted octanol–water partition coefficient (Wildman–Crippen LogP) is 2.60. The van der Waals surface area contributed by atoms with Crippen LogP contribution in [0, 0.1) is 10.1 Å². The number of carbonyl (C=O) groups is 2. The molecule has 11 nitrogen and oxygen atoms in total. The van der Waals surface area contributed by atoms with Gasteiger partial charge in [0.15, 0.2) is 5.11 Å². The fourth-order valence-electron chi connectivity index (χ4n) is 4.16. The van der Waals surface area contributed by atoms with Gasteiger partial charge in [0.25, 0.3) is 17.5 Å². The number of likely N-dealkylation sites (N-methyl/N-ethyl adjacent to an activating group) is 1. The minimum absolute atomic E-state index is 0.0593. The number of morpholine rings is 1. The molecule has 2 amide bonds. The molecule has 2 aliphatic heterocycles. The molecule has 0 unspecified atom stereocenters. The quantitative estimate of drug-likeness (QED) is 0.331. The Morgan fingerprint density at radius 3 is 2.38 bits per heavy atom. The van der Waals surface area contributed by atoms with Crippen molar-refractivity contribution in [1.82, 2.24) is 15.1 Å². The van der Waals surface area contributed by atoms with Crippen molar-refractivity contribution in [3.05, 3.63) is 62.7 Å². The highest BCUT2D eigenvalue weighted by atomic mass is 35.5. The second kappa shape index (κ2) is 11.8. The van der Waals surface area contributed by atoms with Gasteiger partial charge in [-0.2, -0.15) is 0 Å². The summed E-state index contributed by atoms with van der Waals surface area (Å²) in [4.78, 5) is 42.7. The zero-order chi connectivity index (χ0) is 26.5. The van der Waals surface area contributed by atoms with E-state index in [2.05, 4.69) is 15.5 Å². The average Bonchev–Trinajstić information content (AvgIpc) is 2.90. The first-order valence-corrected chi connectivity index (χ1v) is 12.5. The van der Waals surface area contributed by atoms with Gasteiger partial charge in [0, 0.05) is 56.5 Å². The number of thiocarbonyl (C=S) groups is 1. The normalized spacial score (nSPS) is 16.3. The highest BCUT2D eigenvalue weighted by molar-refractivity contribution is 7.80. The van der Waals surface area contributed by atoms with E-state index in [1.54, 1.807) is 29.2 Å². The van der Waals surface area contributed by atoms with Crippen molar-refractivity contribution in [2.24, 2.45) is 0 Å². The van der Waals surface area contributed by atoms with Gasteiger partial charge >= 0.3 is 0 Å². The lowest BCUT2D eigenvalue weighted by molar-refractivity contribution is -0.384. The highest BCUT2D eigenvalue weighted by Gasteiger charge is 2.24. The Bertz CT molecular complexity index is 1210. The number of nitrogens with one attached hydrogen (secondary N) is 2. The molecule has 13 heteroatoms. The number of nitro benzene ring substituents is 1. The van der Waals surface area contributed by atoms with Crippen molar-refractivity contribution >= 4 is 57.8 Å². The Labute approximate surface area is 224 Å². The fourth-order valence-corrected chi connectivity index (χ4v) is 4.53. The van der Waals surface area contributed by atoms with Crippen LogP contribution >= 0.6 is 23.8 Å². The van der Waals surface area contributed by atoms with Crippen LogP contribution in [0.3, 0.4) is 0 Å². The molecule has 37 heavy (non-hydrogen) atoms. The zero-order valence-electron chi connectivity index (χ0n) is 20.2. The monoisotopic (exact) mass is 546 g/mol. The molecular formula is C24H27ClN6O5S. The molecule has 0 aliphatic carbocycles. The molecule has 2 aromatic carbocycles. The van der Waals surface area contributed by atoms with Gasteiger partial charge < -0.3 is 24.8 Å². The first-order valence-electron chi connectivity index (χ1n) is 11.7. The number of amides is 2. The number of ether oxygens (including phenoxy) is 1. The summed E-state index contributed by atoms with van der Waals surface area (Å²) >= 11 is 11.6. The van der Waals surface area contributed by atoms with Crippen LogP contribution in [0.25, 0.3) is 0 Å². The van der Waals surface area contributed by atoms with Crippen molar-refractivity contribution in [3.8, 4) is 0 Å². The third-order valence-corrected chi connectivity index (χ3v) is 6.80. The van der Waals surface area contributed by atoms with E-state index >= 15 is 0 Å². The molecular weight excluding hydrogens is 520 g/mol. The summed E-state index contributed by atoms with van der Waals surface area (Å²) in [6, 6.07) is 9.11. The highest BCUT2D eigenvalue weighted by Crippen LogP contribution is 2.30. The van der Waals surface area contributed by atoms with Crippen LogP contribution in [0.15, 0.2) is 36.4 Å². The summed E-state index contributed by atoms with van der Waals surface area (Å²) in [6.45, 7) is 4.86. The Balaban J connectivity index is 1.43. The maximum atomic E-state index is 12.9. The molecule has 0 aromatic heterocycles. The molecule has 2 heterocycles. The molecule has 0 spiro atoms. The molecule has 0 saturated carbocycles. The molecule has 2 aromatic rings. The first-order chi connectivity index (χ1) is 17.7. The number of hydrogen-bond donors (Lipinski definition) is 2. The smallest absolute Gasteiger partial charge is 0.293 e. The summed E-state index contributed by atoms with van der Waals surface area (Å²) in [6.07, 6.45) is 0. The Hall–Kier alpha value is -3.32. The molecule has 2 saturated heterocycles. The lowest BCUT2D eigenvalue weighted by Gasteiger charge is -2.32. The van der Waals surface area contributed by atoms with Gasteiger partial charge in [-0.3, -0.25) is 25.0 Å². The van der Waals surface area contributed by atoms with Gasteiger partial charge in [-0.25, -0.2) is 0 Å². The maximum absolute atomic E-state index is 12.9. The third-order valence-electron chi connectivity index (χ3n) is 6.27. The van der Waals surface area contributed by atoms with E-state index in [4.69, 9.17) is 28.6 Å². The second-order valence-corrected chi connectivity index (χ2v) is 9.57. The van der Waals surface area contributed by atoms with Crippen LogP contribution in [-0.2, 0) is 4.74 Å². The van der Waals surface area contributed by atoms with Crippen molar-refractivity contribution in [1.29, 1.82) is 0 Å². The summed E-state index contributed by atoms with van der Waals surface area (Å²) in [5.74, 6) is -0.731. The van der Waals surface area contributed by atoms with Gasteiger partial charge in [-0.15, -0.1) is 0 Å². The number of piperazine rings is 1. The number of benzene rings is 2. The molecule has 2 N–H and O–H groups in total. The van der Waals surface area contributed by atoms with E-state index in [1.165, 1.54) is 12.1 Å². The number of anilines is 2. The number of nitro groups is 1. The van der Waals surface area contributed by atoms with Crippen molar-refractivity contribution < 1.29 is 19.2 Å². The van der Waals surface area contributed by atoms with E-state index in [0.717, 1.165) is 13.1 Å². The minimum Gasteiger partial charge on any atom is -0.378 e. The van der Waals surface area contributed by atoms with E-state index in [1.807, 2.05) is 11.9 Å². The van der Waals surface area contributed by atoms with Gasteiger partial charge in [-0.1, -0.05) is 11.6 Å². The molecule has 0 atom stereocenters. The molecule has 196 valence electrons. The number of rotatable bonds is 5. The first kappa shape index (κ1) is 26.7. The molecule has 2 aliphatic rings. The van der Waals surface area contributed by atoms with Gasteiger partial charge in [0.2, 0.25) is 0 Å². The number of carbonyl (C=O) groups excluding carboxylic acids is 2. The summed E-state index contributed by atoms with van der Waals surface area (Å²) in [5, 5.41) is 17.3. The zero-order valence-corrected chi connectivity index (χ0v) is 21.8. The van der Waals surface area contributed by atoms with Crippen LogP contribution in [0.4, 0.5) is 17.1 Å². The Kier molecular flexibility index (Phi) is 8.54. The molecule has 2 fully saturated rings. The van der Waals surface area contributed by atoms with Crippen molar-refractivity contribution in [3.63, 3.8) is 0 Å². The molecule has 4 rings (SSSR count). The van der Waals surface area contributed by atoms with E-state index in [-0.39, 0.29) is 22.3 Å². The van der Waals surface area contributed by atoms with Crippen LogP contribution in [-0.4, -0.2) is 91.2 Å². The van der Waals surface area contributed by atoms with Crippen LogP contribution in [0.1, 0.15) is 20.7 Å². The third kappa shape index (κ3) is 6.52. The Morgan fingerprint density at radius 1 is 1.03 bits per heavy atom. The second-order valence-electron chi connectivity index (χ2n) is 8.76. The van der Waals surface area contributed by atoms with E-state index < -0.39 is 10.8 Å². The van der Waals surface area contributed by atoms with E-state index in [0.29, 0.717) is 61.4 Å². The van der Waals surface area contributed by atoms with Crippen LogP contribution in [0.2, 0.25) is 5.02 Å². The van der Waals surface area contributed by atoms with Gasteiger partial charge in [0.1, 0.15) is 5.69 Å². The van der Waals surface area contributed by atoms with Crippen molar-refractivity contribution in [2.45, 2.75) is 0 Å². The SMILES string of the molecule is CN1CCN(C(=O)c2ccc(Cl)c(NC(=S)NC(=O)c3ccc(N4CCOCC4)c([N+](=O)[O-])c3)c2)CC1. The maximum Gasteiger partial charge on any atom is 0.293 e. The summed E-state index contributed by atoms with van der Waals surface area (Å²) < 4.78 is 5.31. The summed E-state index contributed by atoms with van der Waals surface area (Å²) in [5.41, 5.74) is 1.14. The average molecular weight is 547 g/mol. The van der Waals surface area contributed by atoms with Gasteiger partial charge in [0.05, 0.1) is 28.8 Å². The van der Waals surface area contributed by atoms with Gasteiger partial charge in [-0.05, 0) is 49.6 Å². The minimum atomic E-state index is -0.616. The lowest BCUT2D eigenvalue weighted by atomic mass is 10.1. The Morgan fingerprint density at radius 2 is 1.70 bits per heavy atom. The number of halogens is 1.